The SMILES string of the molecule is CNC(=O)N(CCO)CCOC. The minimum Gasteiger partial charge on any atom is -0.395 e. The number of carbonyl (C=O) groups is 1. The summed E-state index contributed by atoms with van der Waals surface area (Å²) < 4.78 is 4.81. The van der Waals surface area contributed by atoms with Crippen molar-refractivity contribution in [1.82, 2.24) is 10.2 Å². The fourth-order valence-electron chi connectivity index (χ4n) is 0.795. The van der Waals surface area contributed by atoms with E-state index in [1.807, 2.05) is 0 Å². The predicted molar refractivity (Wildman–Crippen MR) is 45.0 cm³/mol. The molecule has 5 heteroatoms. The lowest BCUT2D eigenvalue weighted by Crippen LogP contribution is -2.41. The Morgan fingerprint density at radius 2 is 2.25 bits per heavy atom. The van der Waals surface area contributed by atoms with Crippen molar-refractivity contribution in [2.24, 2.45) is 0 Å². The minimum absolute atomic E-state index is 0.0306. The molecule has 0 saturated heterocycles. The number of nitrogens with zero attached hydrogens (tertiary/aromatic N) is 1. The van der Waals surface area contributed by atoms with Crippen LogP contribution in [0.25, 0.3) is 0 Å². The van der Waals surface area contributed by atoms with E-state index in [9.17, 15) is 4.79 Å². The van der Waals surface area contributed by atoms with Crippen LogP contribution < -0.4 is 5.32 Å². The maximum absolute atomic E-state index is 11.1. The molecule has 0 atom stereocenters. The third-order valence-electron chi connectivity index (χ3n) is 1.44. The van der Waals surface area contributed by atoms with E-state index in [1.165, 1.54) is 4.90 Å². The molecule has 0 saturated carbocycles. The van der Waals surface area contributed by atoms with E-state index in [2.05, 4.69) is 5.32 Å². The summed E-state index contributed by atoms with van der Waals surface area (Å²) in [5.74, 6) is 0. The monoisotopic (exact) mass is 176 g/mol. The van der Waals surface area contributed by atoms with Crippen molar-refractivity contribution < 1.29 is 14.6 Å². The van der Waals surface area contributed by atoms with E-state index in [0.29, 0.717) is 19.7 Å². The van der Waals surface area contributed by atoms with Gasteiger partial charge in [-0.15, -0.1) is 0 Å². The number of carbonyl (C=O) groups excluding carboxylic acids is 1. The Kier molecular flexibility index (Phi) is 6.41. The van der Waals surface area contributed by atoms with Gasteiger partial charge in [0.05, 0.1) is 13.2 Å². The maximum atomic E-state index is 11.1. The molecule has 0 aromatic heterocycles. The Morgan fingerprint density at radius 1 is 1.58 bits per heavy atom. The molecule has 72 valence electrons. The van der Waals surface area contributed by atoms with Crippen molar-refractivity contribution in [1.29, 1.82) is 0 Å². The lowest BCUT2D eigenvalue weighted by Gasteiger charge is -2.20. The van der Waals surface area contributed by atoms with E-state index in [0.717, 1.165) is 0 Å². The summed E-state index contributed by atoms with van der Waals surface area (Å²) in [4.78, 5) is 12.5. The summed E-state index contributed by atoms with van der Waals surface area (Å²) in [6.45, 7) is 1.28. The highest BCUT2D eigenvalue weighted by Crippen LogP contribution is 1.88. The van der Waals surface area contributed by atoms with E-state index < -0.39 is 0 Å². The number of hydrogen-bond donors (Lipinski definition) is 2. The van der Waals surface area contributed by atoms with Crippen LogP contribution in [0.3, 0.4) is 0 Å². The smallest absolute Gasteiger partial charge is 0.317 e. The van der Waals surface area contributed by atoms with E-state index in [-0.39, 0.29) is 12.6 Å². The second-order valence-corrected chi connectivity index (χ2v) is 2.26. The summed E-state index contributed by atoms with van der Waals surface area (Å²) in [5, 5.41) is 11.1. The van der Waals surface area contributed by atoms with Gasteiger partial charge >= 0.3 is 6.03 Å². The van der Waals surface area contributed by atoms with Gasteiger partial charge in [-0.3, -0.25) is 0 Å². The number of hydrogen-bond acceptors (Lipinski definition) is 3. The van der Waals surface area contributed by atoms with Gasteiger partial charge in [-0.25, -0.2) is 4.79 Å². The maximum Gasteiger partial charge on any atom is 0.317 e. The molecule has 0 aliphatic carbocycles. The average Bonchev–Trinajstić information content (AvgIpc) is 2.11. The Bertz CT molecular complexity index is 130. The van der Waals surface area contributed by atoms with Crippen LogP contribution in [0.4, 0.5) is 4.79 Å². The molecule has 0 aromatic rings. The Balaban J connectivity index is 3.76. The summed E-state index contributed by atoms with van der Waals surface area (Å²) in [5.41, 5.74) is 0. The fourth-order valence-corrected chi connectivity index (χ4v) is 0.795. The lowest BCUT2D eigenvalue weighted by molar-refractivity contribution is 0.137. The highest BCUT2D eigenvalue weighted by Gasteiger charge is 2.09. The van der Waals surface area contributed by atoms with Crippen molar-refractivity contribution >= 4 is 6.03 Å². The van der Waals surface area contributed by atoms with Gasteiger partial charge in [0.2, 0.25) is 0 Å². The summed E-state index contributed by atoms with van der Waals surface area (Å²) in [7, 11) is 3.13. The van der Waals surface area contributed by atoms with Crippen LogP contribution >= 0.6 is 0 Å². The minimum atomic E-state index is -0.193. The van der Waals surface area contributed by atoms with Crippen LogP contribution in [0.5, 0.6) is 0 Å². The zero-order valence-corrected chi connectivity index (χ0v) is 7.54. The standard InChI is InChI=1S/C7H16N2O3/c1-8-7(11)9(3-5-10)4-6-12-2/h10H,3-6H2,1-2H3,(H,8,11). The van der Waals surface area contributed by atoms with E-state index >= 15 is 0 Å². The first-order chi connectivity index (χ1) is 5.76. The Labute approximate surface area is 72.3 Å². The molecule has 0 unspecified atom stereocenters. The quantitative estimate of drug-likeness (QED) is 0.580. The third-order valence-corrected chi connectivity index (χ3v) is 1.44. The number of amides is 2. The van der Waals surface area contributed by atoms with E-state index in [4.69, 9.17) is 9.84 Å². The van der Waals surface area contributed by atoms with Crippen molar-refractivity contribution in [2.75, 3.05) is 40.5 Å². The van der Waals surface area contributed by atoms with Gasteiger partial charge in [-0.05, 0) is 0 Å². The van der Waals surface area contributed by atoms with Crippen LogP contribution in [0.2, 0.25) is 0 Å². The summed E-state index contributed by atoms with van der Waals surface area (Å²) in [6, 6.07) is -0.193. The number of urea groups is 1. The second kappa shape index (κ2) is 6.87. The van der Waals surface area contributed by atoms with Crippen molar-refractivity contribution in [3.05, 3.63) is 0 Å². The van der Waals surface area contributed by atoms with Crippen LogP contribution in [0.1, 0.15) is 0 Å². The van der Waals surface area contributed by atoms with E-state index in [1.54, 1.807) is 14.2 Å². The molecular weight excluding hydrogens is 160 g/mol. The molecule has 12 heavy (non-hydrogen) atoms. The van der Waals surface area contributed by atoms with Crippen molar-refractivity contribution in [2.45, 2.75) is 0 Å². The number of methoxy groups -OCH3 is 1. The topological polar surface area (TPSA) is 61.8 Å². The van der Waals surface area contributed by atoms with Gasteiger partial charge in [0.1, 0.15) is 0 Å². The van der Waals surface area contributed by atoms with Crippen molar-refractivity contribution in [3.63, 3.8) is 0 Å². The first-order valence-electron chi connectivity index (χ1n) is 3.82. The van der Waals surface area contributed by atoms with Gasteiger partial charge in [0.25, 0.3) is 0 Å². The molecule has 0 bridgehead atoms. The second-order valence-electron chi connectivity index (χ2n) is 2.26. The highest BCUT2D eigenvalue weighted by atomic mass is 16.5. The van der Waals surface area contributed by atoms with Crippen molar-refractivity contribution in [3.8, 4) is 0 Å². The average molecular weight is 176 g/mol. The molecule has 0 fully saturated rings. The molecule has 0 spiro atoms. The molecule has 0 aliphatic heterocycles. The van der Waals surface area contributed by atoms with Gasteiger partial charge in [-0.2, -0.15) is 0 Å². The number of nitrogens with one attached hydrogen (secondary N) is 1. The molecule has 2 amide bonds. The van der Waals surface area contributed by atoms with Crippen LogP contribution in [-0.2, 0) is 4.74 Å². The molecule has 0 radical (unpaired) electrons. The number of aliphatic hydroxyl groups excluding tert-OH is 1. The number of rotatable bonds is 5. The molecule has 5 nitrogen and oxygen atoms in total. The van der Waals surface area contributed by atoms with Gasteiger partial charge < -0.3 is 20.1 Å². The normalized spacial score (nSPS) is 9.58. The predicted octanol–water partition coefficient (Wildman–Crippen LogP) is -0.733. The van der Waals surface area contributed by atoms with Crippen LogP contribution in [0.15, 0.2) is 0 Å². The summed E-state index contributed by atoms with van der Waals surface area (Å²) in [6.07, 6.45) is 0. The zero-order valence-electron chi connectivity index (χ0n) is 7.54. The molecule has 0 aliphatic rings. The Hall–Kier alpha value is -0.810. The lowest BCUT2D eigenvalue weighted by atomic mass is 10.5. The summed E-state index contributed by atoms with van der Waals surface area (Å²) >= 11 is 0. The molecule has 2 N–H and O–H groups in total. The molecular formula is C7H16N2O3. The third kappa shape index (κ3) is 4.15. The first-order valence-corrected chi connectivity index (χ1v) is 3.82. The van der Waals surface area contributed by atoms with Gasteiger partial charge in [0, 0.05) is 27.2 Å². The molecule has 0 rings (SSSR count). The molecule has 0 aromatic carbocycles. The number of ether oxygens (including phenoxy) is 1. The number of aliphatic hydroxyl groups is 1. The molecule has 0 heterocycles. The fraction of sp³-hybridized carbons (Fsp3) is 0.857. The zero-order chi connectivity index (χ0) is 9.40. The van der Waals surface area contributed by atoms with Crippen LogP contribution in [0, 0.1) is 0 Å². The Morgan fingerprint density at radius 3 is 2.67 bits per heavy atom. The van der Waals surface area contributed by atoms with Gasteiger partial charge in [-0.1, -0.05) is 0 Å². The van der Waals surface area contributed by atoms with Crippen LogP contribution in [-0.4, -0.2) is 56.5 Å². The first kappa shape index (κ1) is 11.2. The van der Waals surface area contributed by atoms with Gasteiger partial charge in [0.15, 0.2) is 0 Å². The largest absolute Gasteiger partial charge is 0.395 e. The highest BCUT2D eigenvalue weighted by molar-refractivity contribution is 5.73.